The molecule has 0 atom stereocenters. The number of methoxy groups -OCH3 is 1. The lowest BCUT2D eigenvalue weighted by Gasteiger charge is -2.19. The average Bonchev–Trinajstić information content (AvgIpc) is 2.59. The fraction of sp³-hybridized carbons (Fsp3) is 0.333. The lowest BCUT2D eigenvalue weighted by atomic mass is 10.1. The molecule has 0 aromatic heterocycles. The average molecular weight is 374 g/mol. The summed E-state index contributed by atoms with van der Waals surface area (Å²) in [5, 5.41) is 0. The molecule has 2 aromatic rings. The molecular formula is C21H23FO5. The number of carbonyl (C=O) groups excluding carboxylic acids is 2. The number of hydrogen-bond donors (Lipinski definition) is 0. The third-order valence-electron chi connectivity index (χ3n) is 3.60. The van der Waals surface area contributed by atoms with Gasteiger partial charge in [-0.25, -0.2) is 4.39 Å². The van der Waals surface area contributed by atoms with E-state index in [9.17, 15) is 14.0 Å². The second-order valence-corrected chi connectivity index (χ2v) is 6.98. The van der Waals surface area contributed by atoms with Crippen LogP contribution in [0, 0.1) is 5.82 Å². The Bertz CT molecular complexity index is 824. The van der Waals surface area contributed by atoms with Gasteiger partial charge in [-0.1, -0.05) is 24.3 Å². The second kappa shape index (κ2) is 8.66. The van der Waals surface area contributed by atoms with Gasteiger partial charge in [0, 0.05) is 0 Å². The zero-order valence-electron chi connectivity index (χ0n) is 15.9. The van der Waals surface area contributed by atoms with Gasteiger partial charge < -0.3 is 14.2 Å². The van der Waals surface area contributed by atoms with Gasteiger partial charge in [-0.2, -0.15) is 0 Å². The van der Waals surface area contributed by atoms with Crippen LogP contribution in [0.2, 0.25) is 0 Å². The first-order valence-electron chi connectivity index (χ1n) is 8.47. The molecule has 0 aliphatic heterocycles. The van der Waals surface area contributed by atoms with Crippen molar-refractivity contribution >= 4 is 12.3 Å². The first-order valence-corrected chi connectivity index (χ1v) is 8.47. The molecule has 0 amide bonds. The monoisotopic (exact) mass is 374 g/mol. The summed E-state index contributed by atoms with van der Waals surface area (Å²) in [5.41, 5.74) is 0.807. The third kappa shape index (κ3) is 5.81. The molecule has 0 N–H and O–H groups in total. The first-order chi connectivity index (χ1) is 12.7. The molecule has 0 aliphatic carbocycles. The van der Waals surface area contributed by atoms with Crippen LogP contribution in [0.5, 0.6) is 11.5 Å². The second-order valence-electron chi connectivity index (χ2n) is 6.98. The summed E-state index contributed by atoms with van der Waals surface area (Å²) in [6.45, 7) is 5.52. The largest absolute Gasteiger partial charge is 0.496 e. The number of ether oxygens (including phenoxy) is 3. The molecule has 0 spiro atoms. The minimum Gasteiger partial charge on any atom is -0.496 e. The molecule has 27 heavy (non-hydrogen) atoms. The van der Waals surface area contributed by atoms with Crippen molar-refractivity contribution in [2.24, 2.45) is 0 Å². The van der Waals surface area contributed by atoms with Gasteiger partial charge in [0.2, 0.25) is 0 Å². The molecule has 2 rings (SSSR count). The van der Waals surface area contributed by atoms with Gasteiger partial charge >= 0.3 is 5.97 Å². The highest BCUT2D eigenvalue weighted by atomic mass is 19.1. The number of hydrogen-bond acceptors (Lipinski definition) is 5. The van der Waals surface area contributed by atoms with Crippen LogP contribution in [0.3, 0.4) is 0 Å². The van der Waals surface area contributed by atoms with Gasteiger partial charge in [0.05, 0.1) is 19.1 Å². The van der Waals surface area contributed by atoms with E-state index in [-0.39, 0.29) is 36.1 Å². The van der Waals surface area contributed by atoms with Gasteiger partial charge in [-0.05, 0) is 44.0 Å². The summed E-state index contributed by atoms with van der Waals surface area (Å²) in [6.07, 6.45) is 0.528. The molecule has 6 heteroatoms. The molecule has 0 aliphatic rings. The predicted molar refractivity (Wildman–Crippen MR) is 98.7 cm³/mol. The van der Waals surface area contributed by atoms with Crippen LogP contribution in [0.1, 0.15) is 42.3 Å². The van der Waals surface area contributed by atoms with E-state index in [1.165, 1.54) is 19.2 Å². The topological polar surface area (TPSA) is 61.8 Å². The summed E-state index contributed by atoms with van der Waals surface area (Å²) in [6, 6.07) is 10.1. The number of rotatable bonds is 7. The molecule has 0 fully saturated rings. The molecule has 2 aromatic carbocycles. The predicted octanol–water partition coefficient (Wildman–Crippen LogP) is 4.11. The molecule has 0 heterocycles. The SMILES string of the molecule is COc1ccc(OCc2cccc(CC(=O)OC(C)(C)C)c2)c(F)c1C=O. The van der Waals surface area contributed by atoms with Crippen molar-refractivity contribution < 1.29 is 28.2 Å². The van der Waals surface area contributed by atoms with Gasteiger partial charge in [-0.3, -0.25) is 9.59 Å². The fourth-order valence-electron chi connectivity index (χ4n) is 2.49. The molecular weight excluding hydrogens is 351 g/mol. The summed E-state index contributed by atoms with van der Waals surface area (Å²) >= 11 is 0. The van der Waals surface area contributed by atoms with Crippen molar-refractivity contribution in [3.63, 3.8) is 0 Å². The highest BCUT2D eigenvalue weighted by Crippen LogP contribution is 2.28. The Morgan fingerprint density at radius 1 is 1.11 bits per heavy atom. The molecule has 144 valence electrons. The van der Waals surface area contributed by atoms with Crippen molar-refractivity contribution in [3.05, 3.63) is 58.9 Å². The first kappa shape index (κ1) is 20.4. The summed E-state index contributed by atoms with van der Waals surface area (Å²) in [7, 11) is 1.36. The fourth-order valence-corrected chi connectivity index (χ4v) is 2.49. The number of benzene rings is 2. The van der Waals surface area contributed by atoms with Crippen molar-refractivity contribution in [2.45, 2.75) is 39.4 Å². The lowest BCUT2D eigenvalue weighted by molar-refractivity contribution is -0.153. The van der Waals surface area contributed by atoms with Crippen LogP contribution in [-0.2, 0) is 22.6 Å². The normalized spacial score (nSPS) is 11.0. The van der Waals surface area contributed by atoms with Crippen LogP contribution < -0.4 is 9.47 Å². The van der Waals surface area contributed by atoms with Crippen molar-refractivity contribution in [1.29, 1.82) is 0 Å². The molecule has 0 saturated carbocycles. The Morgan fingerprint density at radius 3 is 2.41 bits per heavy atom. The van der Waals surface area contributed by atoms with Crippen molar-refractivity contribution in [1.82, 2.24) is 0 Å². The van der Waals surface area contributed by atoms with Gasteiger partial charge in [0.25, 0.3) is 0 Å². The summed E-state index contributed by atoms with van der Waals surface area (Å²) < 4.78 is 30.1. The highest BCUT2D eigenvalue weighted by Gasteiger charge is 2.17. The number of esters is 1. The quantitative estimate of drug-likeness (QED) is 0.539. The minimum atomic E-state index is -0.769. The van der Waals surface area contributed by atoms with E-state index in [0.717, 1.165) is 11.1 Å². The standard InChI is InChI=1S/C21H23FO5/c1-21(2,3)27-19(24)11-14-6-5-7-15(10-14)13-26-18-9-8-17(25-4)16(12-23)20(18)22/h5-10,12H,11,13H2,1-4H3. The zero-order valence-corrected chi connectivity index (χ0v) is 15.9. The van der Waals surface area contributed by atoms with E-state index in [0.29, 0.717) is 6.29 Å². The van der Waals surface area contributed by atoms with Gasteiger partial charge in [0.1, 0.15) is 18.0 Å². The summed E-state index contributed by atoms with van der Waals surface area (Å²) in [5.74, 6) is -0.990. The molecule has 0 unspecified atom stereocenters. The van der Waals surface area contributed by atoms with E-state index < -0.39 is 11.4 Å². The number of carbonyl (C=O) groups is 2. The van der Waals surface area contributed by atoms with E-state index in [1.807, 2.05) is 26.8 Å². The zero-order chi connectivity index (χ0) is 20.0. The molecule has 0 bridgehead atoms. The van der Waals surface area contributed by atoms with Gasteiger partial charge in [-0.15, -0.1) is 0 Å². The van der Waals surface area contributed by atoms with Crippen LogP contribution in [0.4, 0.5) is 4.39 Å². The Morgan fingerprint density at radius 2 is 1.78 bits per heavy atom. The summed E-state index contributed by atoms with van der Waals surface area (Å²) in [4.78, 5) is 23.0. The third-order valence-corrected chi connectivity index (χ3v) is 3.60. The van der Waals surface area contributed by atoms with Crippen molar-refractivity contribution in [3.8, 4) is 11.5 Å². The number of aldehydes is 1. The van der Waals surface area contributed by atoms with E-state index in [1.54, 1.807) is 18.2 Å². The van der Waals surface area contributed by atoms with E-state index in [4.69, 9.17) is 14.2 Å². The minimum absolute atomic E-state index is 0.0459. The Balaban J connectivity index is 2.07. The maximum absolute atomic E-state index is 14.3. The molecule has 0 saturated heterocycles. The smallest absolute Gasteiger partial charge is 0.310 e. The van der Waals surface area contributed by atoms with Crippen LogP contribution >= 0.6 is 0 Å². The Labute approximate surface area is 158 Å². The Hall–Kier alpha value is -2.89. The van der Waals surface area contributed by atoms with E-state index >= 15 is 0 Å². The van der Waals surface area contributed by atoms with Crippen LogP contribution in [0.15, 0.2) is 36.4 Å². The maximum Gasteiger partial charge on any atom is 0.310 e. The lowest BCUT2D eigenvalue weighted by Crippen LogP contribution is -2.24. The van der Waals surface area contributed by atoms with Crippen LogP contribution in [0.25, 0.3) is 0 Å². The highest BCUT2D eigenvalue weighted by molar-refractivity contribution is 5.80. The molecule has 0 radical (unpaired) electrons. The number of halogens is 1. The Kier molecular flexibility index (Phi) is 6.55. The van der Waals surface area contributed by atoms with Gasteiger partial charge in [0.15, 0.2) is 17.9 Å². The molecule has 5 nitrogen and oxygen atoms in total. The van der Waals surface area contributed by atoms with E-state index in [2.05, 4.69) is 0 Å². The van der Waals surface area contributed by atoms with Crippen molar-refractivity contribution in [2.75, 3.05) is 7.11 Å². The van der Waals surface area contributed by atoms with Crippen LogP contribution in [-0.4, -0.2) is 25.0 Å². The maximum atomic E-state index is 14.3.